The van der Waals surface area contributed by atoms with Crippen LogP contribution in [0.15, 0.2) is 59.5 Å². The molecule has 0 atom stereocenters. The summed E-state index contributed by atoms with van der Waals surface area (Å²) in [6.07, 6.45) is 8.29. The molecule has 4 rings (SSSR count). The fraction of sp³-hybridized carbons (Fsp3) is 0.333. The molecule has 0 fully saturated rings. The minimum atomic E-state index is -0.407. The highest BCUT2D eigenvalue weighted by molar-refractivity contribution is 6.05. The van der Waals surface area contributed by atoms with E-state index in [1.165, 1.54) is 29.7 Å². The van der Waals surface area contributed by atoms with Crippen LogP contribution in [0.25, 0.3) is 16.7 Å². The van der Waals surface area contributed by atoms with Crippen LogP contribution in [-0.4, -0.2) is 19.9 Å². The first-order valence-corrected chi connectivity index (χ1v) is 12.0. The monoisotopic (exact) mass is 457 g/mol. The van der Waals surface area contributed by atoms with Crippen molar-refractivity contribution in [3.63, 3.8) is 0 Å². The van der Waals surface area contributed by atoms with Crippen LogP contribution in [0.3, 0.4) is 0 Å². The summed E-state index contributed by atoms with van der Waals surface area (Å²) in [5.74, 6) is -0.407. The molecule has 0 saturated heterocycles. The molecule has 0 aliphatic carbocycles. The van der Waals surface area contributed by atoms with Gasteiger partial charge in [-0.25, -0.2) is 4.98 Å². The number of carbonyl (C=O) groups excluding carboxylic acids is 1. The highest BCUT2D eigenvalue weighted by Gasteiger charge is 2.18. The molecule has 176 valence electrons. The zero-order valence-electron chi connectivity index (χ0n) is 19.8. The summed E-state index contributed by atoms with van der Waals surface area (Å²) in [7, 11) is 0. The topological polar surface area (TPSA) is 92.2 Å². The summed E-state index contributed by atoms with van der Waals surface area (Å²) in [4.78, 5) is 31.2. The number of benzene rings is 1. The molecule has 0 aliphatic rings. The van der Waals surface area contributed by atoms with Crippen molar-refractivity contribution in [3.8, 4) is 0 Å². The van der Waals surface area contributed by atoms with Crippen molar-refractivity contribution in [2.24, 2.45) is 0 Å². The molecule has 3 aromatic heterocycles. The Morgan fingerprint density at radius 3 is 2.56 bits per heavy atom. The molecule has 34 heavy (non-hydrogen) atoms. The van der Waals surface area contributed by atoms with Gasteiger partial charge < -0.3 is 9.88 Å². The standard InChI is InChI=1S/C27H31N5O2/c1-3-4-5-6-7-11-17-32-24(28)20(26(33)29-22-14-9-8-13-19(22)2)18-21-25(32)30-23-15-10-12-16-31(23)27(21)34/h8-10,12-16,18,28H,3-7,11,17H2,1-2H3,(H,29,33). The van der Waals surface area contributed by atoms with Crippen molar-refractivity contribution >= 4 is 28.3 Å². The van der Waals surface area contributed by atoms with Crippen LogP contribution in [0, 0.1) is 12.3 Å². The smallest absolute Gasteiger partial charge is 0.267 e. The lowest BCUT2D eigenvalue weighted by atomic mass is 10.1. The SMILES string of the molecule is CCCCCCCCn1c(=N)c(C(=O)Nc2ccccc2C)cc2c(=O)n3ccccc3nc21. The predicted molar refractivity (Wildman–Crippen MR) is 135 cm³/mol. The number of para-hydroxylation sites is 1. The van der Waals surface area contributed by atoms with E-state index in [0.29, 0.717) is 28.9 Å². The Bertz CT molecular complexity index is 1450. The minimum absolute atomic E-state index is 0.0688. The number of hydrogen-bond acceptors (Lipinski definition) is 4. The Labute approximate surface area is 198 Å². The number of rotatable bonds is 9. The first-order valence-electron chi connectivity index (χ1n) is 12.0. The van der Waals surface area contributed by atoms with Gasteiger partial charge in [-0.2, -0.15) is 0 Å². The van der Waals surface area contributed by atoms with Crippen molar-refractivity contribution in [2.75, 3.05) is 5.32 Å². The van der Waals surface area contributed by atoms with Gasteiger partial charge in [-0.1, -0.05) is 63.3 Å². The van der Waals surface area contributed by atoms with E-state index in [0.717, 1.165) is 24.8 Å². The maximum Gasteiger partial charge on any atom is 0.267 e. The Balaban J connectivity index is 1.78. The number of hydrogen-bond donors (Lipinski definition) is 2. The number of amides is 1. The van der Waals surface area contributed by atoms with Crippen molar-refractivity contribution < 1.29 is 4.79 Å². The van der Waals surface area contributed by atoms with Gasteiger partial charge in [0, 0.05) is 18.4 Å². The molecular formula is C27H31N5O2. The summed E-state index contributed by atoms with van der Waals surface area (Å²) in [6.45, 7) is 4.64. The number of fused-ring (bicyclic) bond motifs is 2. The third-order valence-corrected chi connectivity index (χ3v) is 6.19. The van der Waals surface area contributed by atoms with E-state index < -0.39 is 5.91 Å². The third-order valence-electron chi connectivity index (χ3n) is 6.19. The summed E-state index contributed by atoms with van der Waals surface area (Å²) in [5, 5.41) is 12.1. The lowest BCUT2D eigenvalue weighted by molar-refractivity contribution is 0.102. The molecule has 7 nitrogen and oxygen atoms in total. The first kappa shape index (κ1) is 23.4. The molecule has 0 saturated carbocycles. The van der Waals surface area contributed by atoms with E-state index in [9.17, 15) is 9.59 Å². The number of nitrogens with one attached hydrogen (secondary N) is 2. The zero-order chi connectivity index (χ0) is 24.1. The van der Waals surface area contributed by atoms with Crippen LogP contribution in [0.1, 0.15) is 61.4 Å². The van der Waals surface area contributed by atoms with Crippen LogP contribution in [0.4, 0.5) is 5.69 Å². The van der Waals surface area contributed by atoms with Gasteiger partial charge in [0.1, 0.15) is 16.8 Å². The number of nitrogens with zero attached hydrogens (tertiary/aromatic N) is 3. The summed E-state index contributed by atoms with van der Waals surface area (Å²) < 4.78 is 3.19. The lowest BCUT2D eigenvalue weighted by Crippen LogP contribution is -2.32. The third kappa shape index (κ3) is 4.78. The molecule has 7 heteroatoms. The second-order valence-electron chi connectivity index (χ2n) is 8.68. The van der Waals surface area contributed by atoms with Crippen molar-refractivity contribution in [1.82, 2.24) is 14.0 Å². The number of aromatic nitrogens is 3. The molecule has 1 aromatic carbocycles. The second kappa shape index (κ2) is 10.5. The highest BCUT2D eigenvalue weighted by atomic mass is 16.1. The average molecular weight is 458 g/mol. The van der Waals surface area contributed by atoms with Gasteiger partial charge in [0.2, 0.25) is 0 Å². The van der Waals surface area contributed by atoms with E-state index in [-0.39, 0.29) is 16.6 Å². The number of anilines is 1. The number of aryl methyl sites for hydroxylation is 2. The molecule has 1 amide bonds. The Morgan fingerprint density at radius 1 is 1.03 bits per heavy atom. The summed E-state index contributed by atoms with van der Waals surface area (Å²) in [5.41, 5.74) is 2.56. The maximum atomic E-state index is 13.3. The maximum absolute atomic E-state index is 13.3. The van der Waals surface area contributed by atoms with E-state index >= 15 is 0 Å². The molecule has 3 heterocycles. The van der Waals surface area contributed by atoms with Crippen LogP contribution < -0.4 is 16.4 Å². The number of pyridine rings is 2. The second-order valence-corrected chi connectivity index (χ2v) is 8.68. The van der Waals surface area contributed by atoms with Gasteiger partial charge >= 0.3 is 0 Å². The van der Waals surface area contributed by atoms with Gasteiger partial charge in [0.05, 0.1) is 10.9 Å². The van der Waals surface area contributed by atoms with Gasteiger partial charge in [-0.15, -0.1) is 0 Å². The fourth-order valence-electron chi connectivity index (χ4n) is 4.23. The molecule has 0 spiro atoms. The number of unbranched alkanes of at least 4 members (excludes halogenated alkanes) is 5. The molecule has 4 aromatic rings. The van der Waals surface area contributed by atoms with Gasteiger partial charge in [-0.05, 0) is 43.2 Å². The van der Waals surface area contributed by atoms with Crippen molar-refractivity contribution in [2.45, 2.75) is 58.9 Å². The lowest BCUT2D eigenvalue weighted by Gasteiger charge is -2.15. The van der Waals surface area contributed by atoms with E-state index in [1.54, 1.807) is 22.9 Å². The molecular weight excluding hydrogens is 426 g/mol. The van der Waals surface area contributed by atoms with Gasteiger partial charge in [0.25, 0.3) is 11.5 Å². The van der Waals surface area contributed by atoms with Crippen molar-refractivity contribution in [1.29, 1.82) is 5.41 Å². The van der Waals surface area contributed by atoms with Crippen LogP contribution in [0.2, 0.25) is 0 Å². The summed E-state index contributed by atoms with van der Waals surface area (Å²) in [6, 6.07) is 14.4. The van der Waals surface area contributed by atoms with Crippen LogP contribution in [-0.2, 0) is 6.54 Å². The zero-order valence-corrected chi connectivity index (χ0v) is 19.8. The first-order chi connectivity index (χ1) is 16.5. The largest absolute Gasteiger partial charge is 0.322 e. The minimum Gasteiger partial charge on any atom is -0.322 e. The molecule has 0 radical (unpaired) electrons. The number of carbonyl (C=O) groups is 1. The van der Waals surface area contributed by atoms with Gasteiger partial charge in [-0.3, -0.25) is 19.4 Å². The van der Waals surface area contributed by atoms with E-state index in [4.69, 9.17) is 10.4 Å². The molecule has 0 aliphatic heterocycles. The summed E-state index contributed by atoms with van der Waals surface area (Å²) >= 11 is 0. The van der Waals surface area contributed by atoms with Gasteiger partial charge in [0.15, 0.2) is 0 Å². The van der Waals surface area contributed by atoms with Crippen LogP contribution >= 0.6 is 0 Å². The molecule has 2 N–H and O–H groups in total. The molecule has 0 bridgehead atoms. The fourth-order valence-corrected chi connectivity index (χ4v) is 4.23. The Hall–Kier alpha value is -3.74. The van der Waals surface area contributed by atoms with Crippen molar-refractivity contribution in [3.05, 3.63) is 81.7 Å². The quantitative estimate of drug-likeness (QED) is 0.272. The highest BCUT2D eigenvalue weighted by Crippen LogP contribution is 2.16. The Morgan fingerprint density at radius 2 is 1.76 bits per heavy atom. The normalized spacial score (nSPS) is 11.2. The predicted octanol–water partition coefficient (Wildman–Crippen LogP) is 5.05. The molecule has 0 unspecified atom stereocenters. The van der Waals surface area contributed by atoms with Crippen LogP contribution in [0.5, 0.6) is 0 Å². The van der Waals surface area contributed by atoms with E-state index in [1.807, 2.05) is 37.3 Å². The average Bonchev–Trinajstić information content (AvgIpc) is 2.84. The Kier molecular flexibility index (Phi) is 7.21. The van der Waals surface area contributed by atoms with E-state index in [2.05, 4.69) is 12.2 Å².